The second-order valence-electron chi connectivity index (χ2n) is 4.29. The van der Waals surface area contributed by atoms with Crippen LogP contribution in [-0.4, -0.2) is 47.8 Å². The second kappa shape index (κ2) is 5.68. The molecule has 0 spiro atoms. The molecule has 1 saturated heterocycles. The van der Waals surface area contributed by atoms with Gasteiger partial charge < -0.3 is 10.2 Å². The number of imide groups is 1. The zero-order valence-corrected chi connectivity index (χ0v) is 12.0. The first-order chi connectivity index (χ1) is 9.38. The SMILES string of the molecule is CN1CC(=O)N(CC(=O)Nc2cc(Cl)ccc2Cl)C1=O. The maximum atomic E-state index is 11.9. The van der Waals surface area contributed by atoms with Crippen LogP contribution < -0.4 is 5.32 Å². The van der Waals surface area contributed by atoms with E-state index in [1.807, 2.05) is 0 Å². The van der Waals surface area contributed by atoms with Crippen molar-refractivity contribution in [1.82, 2.24) is 9.80 Å². The lowest BCUT2D eigenvalue weighted by atomic mass is 10.3. The van der Waals surface area contributed by atoms with Crippen LogP contribution in [0, 0.1) is 0 Å². The lowest BCUT2D eigenvalue weighted by molar-refractivity contribution is -0.129. The molecule has 6 nitrogen and oxygen atoms in total. The van der Waals surface area contributed by atoms with Gasteiger partial charge in [0.25, 0.3) is 5.91 Å². The maximum Gasteiger partial charge on any atom is 0.327 e. The molecule has 1 aromatic carbocycles. The van der Waals surface area contributed by atoms with Gasteiger partial charge in [0.05, 0.1) is 10.7 Å². The third-order valence-electron chi connectivity index (χ3n) is 2.74. The number of carbonyl (C=O) groups excluding carboxylic acids is 3. The summed E-state index contributed by atoms with van der Waals surface area (Å²) in [6.45, 7) is -0.380. The molecule has 1 aromatic rings. The molecular formula is C12H11Cl2N3O3. The largest absolute Gasteiger partial charge is 0.327 e. The van der Waals surface area contributed by atoms with E-state index in [1.165, 1.54) is 18.0 Å². The Balaban J connectivity index is 2.04. The van der Waals surface area contributed by atoms with Crippen LogP contribution in [0.3, 0.4) is 0 Å². The summed E-state index contributed by atoms with van der Waals surface area (Å²) < 4.78 is 0. The summed E-state index contributed by atoms with van der Waals surface area (Å²) in [5.74, 6) is -0.934. The van der Waals surface area contributed by atoms with Gasteiger partial charge in [-0.3, -0.25) is 14.5 Å². The highest BCUT2D eigenvalue weighted by molar-refractivity contribution is 6.35. The minimum absolute atomic E-state index is 0.0238. The van der Waals surface area contributed by atoms with Gasteiger partial charge >= 0.3 is 6.03 Å². The van der Waals surface area contributed by atoms with E-state index in [1.54, 1.807) is 12.1 Å². The molecule has 0 aromatic heterocycles. The predicted molar refractivity (Wildman–Crippen MR) is 74.8 cm³/mol. The molecule has 8 heteroatoms. The van der Waals surface area contributed by atoms with E-state index in [4.69, 9.17) is 23.2 Å². The molecule has 106 valence electrons. The van der Waals surface area contributed by atoms with Gasteiger partial charge in [0.2, 0.25) is 5.91 Å². The number of hydrogen-bond acceptors (Lipinski definition) is 3. The van der Waals surface area contributed by atoms with Crippen LogP contribution in [0.1, 0.15) is 0 Å². The summed E-state index contributed by atoms with van der Waals surface area (Å²) in [7, 11) is 1.49. The predicted octanol–water partition coefficient (Wildman–Crippen LogP) is 1.83. The zero-order chi connectivity index (χ0) is 14.9. The van der Waals surface area contributed by atoms with E-state index in [2.05, 4.69) is 5.32 Å². The molecule has 0 bridgehead atoms. The number of urea groups is 1. The highest BCUT2D eigenvalue weighted by Crippen LogP contribution is 2.25. The van der Waals surface area contributed by atoms with Crippen molar-refractivity contribution in [3.8, 4) is 0 Å². The normalized spacial score (nSPS) is 14.9. The Kier molecular flexibility index (Phi) is 4.15. The van der Waals surface area contributed by atoms with E-state index in [-0.39, 0.29) is 13.1 Å². The molecule has 1 fully saturated rings. The number of likely N-dealkylation sites (N-methyl/N-ethyl adjacent to an activating group) is 1. The standard InChI is InChI=1S/C12H11Cl2N3O3/c1-16-6-11(19)17(12(16)20)5-10(18)15-9-4-7(13)2-3-8(9)14/h2-4H,5-6H2,1H3,(H,15,18). The quantitative estimate of drug-likeness (QED) is 0.865. The Bertz CT molecular complexity index is 591. The molecule has 20 heavy (non-hydrogen) atoms. The highest BCUT2D eigenvalue weighted by atomic mass is 35.5. The van der Waals surface area contributed by atoms with Crippen LogP contribution in [0.25, 0.3) is 0 Å². The third-order valence-corrected chi connectivity index (χ3v) is 3.30. The third kappa shape index (κ3) is 3.02. The zero-order valence-electron chi connectivity index (χ0n) is 10.5. The fourth-order valence-electron chi connectivity index (χ4n) is 1.75. The van der Waals surface area contributed by atoms with Gasteiger partial charge in [-0.15, -0.1) is 0 Å². The number of benzene rings is 1. The number of carbonyl (C=O) groups is 3. The van der Waals surface area contributed by atoms with Gasteiger partial charge in [0.15, 0.2) is 0 Å². The highest BCUT2D eigenvalue weighted by Gasteiger charge is 2.34. The van der Waals surface area contributed by atoms with Crippen molar-refractivity contribution >= 4 is 46.7 Å². The monoisotopic (exact) mass is 315 g/mol. The van der Waals surface area contributed by atoms with Crippen molar-refractivity contribution in [2.24, 2.45) is 0 Å². The Morgan fingerprint density at radius 2 is 2.05 bits per heavy atom. The van der Waals surface area contributed by atoms with Crippen LogP contribution >= 0.6 is 23.2 Å². The van der Waals surface area contributed by atoms with Crippen LogP contribution in [0.2, 0.25) is 10.0 Å². The first-order valence-electron chi connectivity index (χ1n) is 5.69. The molecule has 0 saturated carbocycles. The van der Waals surface area contributed by atoms with Gasteiger partial charge in [-0.1, -0.05) is 23.2 Å². The summed E-state index contributed by atoms with van der Waals surface area (Å²) in [6, 6.07) is 4.12. The van der Waals surface area contributed by atoms with Gasteiger partial charge in [-0.2, -0.15) is 0 Å². The molecule has 1 aliphatic rings. The maximum absolute atomic E-state index is 11.9. The Morgan fingerprint density at radius 1 is 1.35 bits per heavy atom. The number of nitrogens with one attached hydrogen (secondary N) is 1. The first-order valence-corrected chi connectivity index (χ1v) is 6.44. The summed E-state index contributed by atoms with van der Waals surface area (Å²) in [5, 5.41) is 3.25. The average molecular weight is 316 g/mol. The second-order valence-corrected chi connectivity index (χ2v) is 5.13. The molecule has 0 unspecified atom stereocenters. The van der Waals surface area contributed by atoms with Gasteiger partial charge in [0, 0.05) is 12.1 Å². The van der Waals surface area contributed by atoms with Crippen molar-refractivity contribution in [3.05, 3.63) is 28.2 Å². The number of nitrogens with zero attached hydrogens (tertiary/aromatic N) is 2. The van der Waals surface area contributed by atoms with Gasteiger partial charge in [-0.25, -0.2) is 4.79 Å². The molecular weight excluding hydrogens is 305 g/mol. The fourth-order valence-corrected chi connectivity index (χ4v) is 2.09. The van der Waals surface area contributed by atoms with Gasteiger partial charge in [0.1, 0.15) is 13.1 Å². The lowest BCUT2D eigenvalue weighted by Gasteiger charge is -2.14. The van der Waals surface area contributed by atoms with E-state index >= 15 is 0 Å². The topological polar surface area (TPSA) is 69.7 Å². The molecule has 1 heterocycles. The molecule has 1 N–H and O–H groups in total. The molecule has 0 radical (unpaired) electrons. The van der Waals surface area contributed by atoms with Crippen molar-refractivity contribution in [2.45, 2.75) is 0 Å². The Morgan fingerprint density at radius 3 is 2.65 bits per heavy atom. The number of anilines is 1. The number of amides is 4. The smallest absolute Gasteiger partial charge is 0.323 e. The van der Waals surface area contributed by atoms with E-state index in [0.29, 0.717) is 15.7 Å². The number of halogens is 2. The minimum atomic E-state index is -0.522. The minimum Gasteiger partial charge on any atom is -0.323 e. The number of hydrogen-bond donors (Lipinski definition) is 1. The molecule has 0 atom stereocenters. The first kappa shape index (κ1) is 14.6. The van der Waals surface area contributed by atoms with Crippen molar-refractivity contribution < 1.29 is 14.4 Å². The average Bonchev–Trinajstić information content (AvgIpc) is 2.61. The number of rotatable bonds is 3. The van der Waals surface area contributed by atoms with Crippen LogP contribution in [0.4, 0.5) is 10.5 Å². The summed E-state index contributed by atoms with van der Waals surface area (Å²) in [5.41, 5.74) is 0.330. The molecule has 1 aliphatic heterocycles. The summed E-state index contributed by atoms with van der Waals surface area (Å²) >= 11 is 11.7. The molecule has 2 rings (SSSR count). The lowest BCUT2D eigenvalue weighted by Crippen LogP contribution is -2.38. The molecule has 4 amide bonds. The summed E-state index contributed by atoms with van der Waals surface area (Å²) in [6.07, 6.45) is 0. The van der Waals surface area contributed by atoms with Crippen LogP contribution in [0.15, 0.2) is 18.2 Å². The Hall–Kier alpha value is -1.79. The van der Waals surface area contributed by atoms with Crippen molar-refractivity contribution in [2.75, 3.05) is 25.5 Å². The van der Waals surface area contributed by atoms with Crippen molar-refractivity contribution in [3.63, 3.8) is 0 Å². The van der Waals surface area contributed by atoms with E-state index < -0.39 is 17.8 Å². The van der Waals surface area contributed by atoms with E-state index in [0.717, 1.165) is 4.90 Å². The Labute approximate surface area is 125 Å². The van der Waals surface area contributed by atoms with Crippen LogP contribution in [-0.2, 0) is 9.59 Å². The molecule has 0 aliphatic carbocycles. The van der Waals surface area contributed by atoms with Gasteiger partial charge in [-0.05, 0) is 18.2 Å². The van der Waals surface area contributed by atoms with E-state index in [9.17, 15) is 14.4 Å². The summed E-state index contributed by atoms with van der Waals surface area (Å²) in [4.78, 5) is 37.1. The fraction of sp³-hybridized carbons (Fsp3) is 0.250. The van der Waals surface area contributed by atoms with Crippen LogP contribution in [0.5, 0.6) is 0 Å². The van der Waals surface area contributed by atoms with Crippen molar-refractivity contribution in [1.29, 1.82) is 0 Å².